The van der Waals surface area contributed by atoms with Gasteiger partial charge in [-0.1, -0.05) is 26.3 Å². The van der Waals surface area contributed by atoms with E-state index in [2.05, 4.69) is 6.92 Å². The molecular weight excluding hydrogens is 206 g/mol. The molecule has 1 atom stereocenters. The second-order valence-electron chi connectivity index (χ2n) is 3.53. The zero-order valence-electron chi connectivity index (χ0n) is 9.90. The highest BCUT2D eigenvalue weighted by Gasteiger charge is 2.09. The molecule has 4 heteroatoms. The summed E-state index contributed by atoms with van der Waals surface area (Å²) in [4.78, 5) is 10.6. The number of rotatable bonds is 8. The van der Waals surface area contributed by atoms with Crippen LogP contribution in [0.25, 0.3) is 0 Å². The van der Waals surface area contributed by atoms with Gasteiger partial charge in [0.15, 0.2) is 0 Å². The lowest BCUT2D eigenvalue weighted by Crippen LogP contribution is -2.12. The molecule has 0 radical (unpaired) electrons. The molecule has 16 heavy (non-hydrogen) atoms. The molecule has 0 aromatic heterocycles. The minimum atomic E-state index is -1.18. The lowest BCUT2D eigenvalue weighted by atomic mass is 10.1. The van der Waals surface area contributed by atoms with Crippen LogP contribution in [0.15, 0.2) is 11.6 Å². The van der Waals surface area contributed by atoms with E-state index in [1.807, 2.05) is 6.92 Å². The monoisotopic (exact) mass is 225 g/mol. The molecule has 0 bridgehead atoms. The Morgan fingerprint density at radius 2 is 2.25 bits per heavy atom. The fourth-order valence-electron chi connectivity index (χ4n) is 1.18. The first-order valence-corrected chi connectivity index (χ1v) is 5.60. The fourth-order valence-corrected chi connectivity index (χ4v) is 1.18. The summed E-state index contributed by atoms with van der Waals surface area (Å²) in [5.74, 6) is -1.18. The van der Waals surface area contributed by atoms with Gasteiger partial charge in [-0.15, -0.1) is 0 Å². The fraction of sp³-hybridized carbons (Fsp3) is 0.667. The number of ether oxygens (including phenoxy) is 1. The number of carboxylic acid groups (broad SMARTS) is 1. The molecule has 0 aliphatic heterocycles. The minimum Gasteiger partial charge on any atom is -0.477 e. The van der Waals surface area contributed by atoms with E-state index in [1.165, 1.54) is 6.08 Å². The van der Waals surface area contributed by atoms with E-state index >= 15 is 0 Å². The van der Waals surface area contributed by atoms with Gasteiger partial charge in [-0.3, -0.25) is 0 Å². The van der Waals surface area contributed by atoms with Crippen molar-refractivity contribution in [3.05, 3.63) is 11.6 Å². The maximum Gasteiger partial charge on any atom is 0.346 e. The Bertz CT molecular complexity index is 278. The Balaban J connectivity index is 4.12. The Morgan fingerprint density at radius 3 is 2.69 bits per heavy atom. The average molecular weight is 225 g/mol. The summed E-state index contributed by atoms with van der Waals surface area (Å²) in [5.41, 5.74) is -0.211. The molecule has 0 rings (SSSR count). The first-order chi connectivity index (χ1) is 7.65. The quantitative estimate of drug-likeness (QED) is 0.391. The van der Waals surface area contributed by atoms with Gasteiger partial charge in [-0.2, -0.15) is 5.26 Å². The Hall–Kier alpha value is -1.34. The number of nitriles is 1. The molecule has 4 nitrogen and oxygen atoms in total. The van der Waals surface area contributed by atoms with Crippen LogP contribution >= 0.6 is 0 Å². The normalized spacial score (nSPS) is 13.2. The van der Waals surface area contributed by atoms with Crippen LogP contribution in [0.2, 0.25) is 0 Å². The topological polar surface area (TPSA) is 70.3 Å². The molecule has 0 saturated carbocycles. The second kappa shape index (κ2) is 8.93. The van der Waals surface area contributed by atoms with E-state index in [4.69, 9.17) is 15.1 Å². The molecule has 0 aromatic carbocycles. The number of nitrogens with zero attached hydrogens (tertiary/aromatic N) is 1. The van der Waals surface area contributed by atoms with Gasteiger partial charge in [0.2, 0.25) is 0 Å². The molecule has 0 saturated heterocycles. The van der Waals surface area contributed by atoms with E-state index in [0.717, 1.165) is 19.3 Å². The van der Waals surface area contributed by atoms with Gasteiger partial charge < -0.3 is 9.84 Å². The molecule has 0 fully saturated rings. The second-order valence-corrected chi connectivity index (χ2v) is 3.53. The van der Waals surface area contributed by atoms with Crippen LogP contribution in [0.5, 0.6) is 0 Å². The lowest BCUT2D eigenvalue weighted by Gasteiger charge is -2.13. The van der Waals surface area contributed by atoms with Gasteiger partial charge in [-0.25, -0.2) is 4.79 Å². The molecule has 1 unspecified atom stereocenters. The van der Waals surface area contributed by atoms with Gasteiger partial charge in [0, 0.05) is 6.61 Å². The van der Waals surface area contributed by atoms with E-state index in [0.29, 0.717) is 13.0 Å². The molecule has 0 aliphatic rings. The smallest absolute Gasteiger partial charge is 0.346 e. The van der Waals surface area contributed by atoms with Crippen molar-refractivity contribution in [2.24, 2.45) is 0 Å². The van der Waals surface area contributed by atoms with Crippen molar-refractivity contribution in [3.8, 4) is 6.07 Å². The van der Waals surface area contributed by atoms with Gasteiger partial charge in [0.05, 0.1) is 6.10 Å². The van der Waals surface area contributed by atoms with Crippen LogP contribution < -0.4 is 0 Å². The molecule has 0 heterocycles. The van der Waals surface area contributed by atoms with Gasteiger partial charge in [0.25, 0.3) is 0 Å². The van der Waals surface area contributed by atoms with E-state index in [1.54, 1.807) is 6.07 Å². The Labute approximate surface area is 96.5 Å². The molecular formula is C12H19NO3. The zero-order valence-corrected chi connectivity index (χ0v) is 9.90. The number of hydrogen-bond acceptors (Lipinski definition) is 3. The summed E-state index contributed by atoms with van der Waals surface area (Å²) in [6.45, 7) is 4.76. The summed E-state index contributed by atoms with van der Waals surface area (Å²) in [5, 5.41) is 17.2. The SMILES string of the molecule is CCCCOC(CC)CC=C(C#N)C(=O)O. The molecule has 0 amide bonds. The predicted molar refractivity (Wildman–Crippen MR) is 60.9 cm³/mol. The zero-order chi connectivity index (χ0) is 12.4. The number of aliphatic carboxylic acids is 1. The molecule has 0 spiro atoms. The molecule has 0 aliphatic carbocycles. The van der Waals surface area contributed by atoms with Gasteiger partial charge in [0.1, 0.15) is 11.6 Å². The van der Waals surface area contributed by atoms with Gasteiger partial charge in [-0.05, 0) is 19.3 Å². The van der Waals surface area contributed by atoms with Crippen LogP contribution in [-0.2, 0) is 9.53 Å². The highest BCUT2D eigenvalue weighted by molar-refractivity contribution is 5.90. The van der Waals surface area contributed by atoms with Crippen molar-refractivity contribution in [2.45, 2.75) is 45.6 Å². The Morgan fingerprint density at radius 1 is 1.56 bits per heavy atom. The van der Waals surface area contributed by atoms with Crippen LogP contribution in [0.4, 0.5) is 0 Å². The number of unbranched alkanes of at least 4 members (excludes halogenated alkanes) is 1. The largest absolute Gasteiger partial charge is 0.477 e. The number of hydrogen-bond donors (Lipinski definition) is 1. The van der Waals surface area contributed by atoms with Crippen LogP contribution in [-0.4, -0.2) is 23.8 Å². The lowest BCUT2D eigenvalue weighted by molar-refractivity contribution is -0.132. The third kappa shape index (κ3) is 6.20. The highest BCUT2D eigenvalue weighted by atomic mass is 16.5. The number of carboxylic acids is 1. The maximum absolute atomic E-state index is 10.6. The molecule has 90 valence electrons. The summed E-state index contributed by atoms with van der Waals surface area (Å²) in [6.07, 6.45) is 4.82. The first kappa shape index (κ1) is 14.7. The summed E-state index contributed by atoms with van der Waals surface area (Å²) in [7, 11) is 0. The van der Waals surface area contributed by atoms with Crippen LogP contribution in [0.1, 0.15) is 39.5 Å². The van der Waals surface area contributed by atoms with Crippen LogP contribution in [0, 0.1) is 11.3 Å². The van der Waals surface area contributed by atoms with Crippen molar-refractivity contribution in [1.82, 2.24) is 0 Å². The maximum atomic E-state index is 10.6. The summed E-state index contributed by atoms with van der Waals surface area (Å²) < 4.78 is 5.56. The molecule has 0 aromatic rings. The van der Waals surface area contributed by atoms with E-state index < -0.39 is 5.97 Å². The van der Waals surface area contributed by atoms with Crippen molar-refractivity contribution >= 4 is 5.97 Å². The van der Waals surface area contributed by atoms with Crippen molar-refractivity contribution in [3.63, 3.8) is 0 Å². The van der Waals surface area contributed by atoms with E-state index in [-0.39, 0.29) is 11.7 Å². The van der Waals surface area contributed by atoms with Crippen LogP contribution in [0.3, 0.4) is 0 Å². The predicted octanol–water partition coefficient (Wildman–Crippen LogP) is 2.51. The van der Waals surface area contributed by atoms with Gasteiger partial charge >= 0.3 is 5.97 Å². The highest BCUT2D eigenvalue weighted by Crippen LogP contribution is 2.08. The summed E-state index contributed by atoms with van der Waals surface area (Å²) in [6, 6.07) is 1.65. The molecule has 1 N–H and O–H groups in total. The number of carbonyl (C=O) groups is 1. The van der Waals surface area contributed by atoms with E-state index in [9.17, 15) is 4.79 Å². The van der Waals surface area contributed by atoms with Crippen molar-refractivity contribution in [2.75, 3.05) is 6.61 Å². The summed E-state index contributed by atoms with van der Waals surface area (Å²) >= 11 is 0. The third-order valence-corrected chi connectivity index (χ3v) is 2.24. The average Bonchev–Trinajstić information content (AvgIpc) is 2.27. The third-order valence-electron chi connectivity index (χ3n) is 2.24. The first-order valence-electron chi connectivity index (χ1n) is 5.60. The Kier molecular flexibility index (Phi) is 8.18. The minimum absolute atomic E-state index is 0.00856. The standard InChI is InChI=1S/C12H19NO3/c1-3-5-8-16-11(4-2)7-6-10(9-13)12(14)15/h6,11H,3-5,7-8H2,1-2H3,(H,14,15). The van der Waals surface area contributed by atoms with Crippen molar-refractivity contribution in [1.29, 1.82) is 5.26 Å². The van der Waals surface area contributed by atoms with Crippen molar-refractivity contribution < 1.29 is 14.6 Å².